The molecule has 2 aromatic heterocycles. The molecule has 1 unspecified atom stereocenters. The molecular weight excluding hydrogens is 508 g/mol. The van der Waals surface area contributed by atoms with Gasteiger partial charge in [-0.15, -0.1) is 0 Å². The largest absolute Gasteiger partial charge is 0.434 e. The molecule has 2 N–H and O–H groups in total. The van der Waals surface area contributed by atoms with Gasteiger partial charge in [-0.3, -0.25) is 4.79 Å². The Hall–Kier alpha value is -3.96. The molecule has 1 fully saturated rings. The number of aromatic nitrogens is 4. The minimum Gasteiger partial charge on any atom is -0.434 e. The van der Waals surface area contributed by atoms with E-state index in [9.17, 15) is 23.8 Å². The predicted molar refractivity (Wildman–Crippen MR) is 135 cm³/mol. The molecule has 0 saturated heterocycles. The lowest BCUT2D eigenvalue weighted by molar-refractivity contribution is -0.180. The third-order valence-electron chi connectivity index (χ3n) is 7.90. The van der Waals surface area contributed by atoms with Gasteiger partial charge in [-0.1, -0.05) is 12.1 Å². The van der Waals surface area contributed by atoms with Crippen LogP contribution in [0.1, 0.15) is 70.0 Å². The van der Waals surface area contributed by atoms with Gasteiger partial charge in [-0.2, -0.15) is 8.78 Å². The van der Waals surface area contributed by atoms with Crippen LogP contribution in [-0.2, 0) is 5.60 Å². The number of carbonyl (C=O) groups excluding carboxylic acids is 1. The molecule has 0 radical (unpaired) electrons. The Morgan fingerprint density at radius 1 is 1.13 bits per heavy atom. The molecule has 1 aliphatic carbocycles. The van der Waals surface area contributed by atoms with E-state index in [2.05, 4.69) is 9.97 Å². The zero-order chi connectivity index (χ0) is 29.8. The highest BCUT2D eigenvalue weighted by Crippen LogP contribution is 2.50. The molecule has 3 aliphatic rings. The number of amides is 1. The van der Waals surface area contributed by atoms with Crippen LogP contribution in [0.15, 0.2) is 48.8 Å². The molecule has 1 amide bonds. The Bertz CT molecular complexity index is 1750. The van der Waals surface area contributed by atoms with Gasteiger partial charge >= 0.3 is 6.61 Å². The Kier molecular flexibility index (Phi) is 4.31. The fourth-order valence-corrected chi connectivity index (χ4v) is 6.37. The summed E-state index contributed by atoms with van der Waals surface area (Å²) in [5.41, 5.74) is 0.352. The summed E-state index contributed by atoms with van der Waals surface area (Å²) in [5.74, 6) is -0.454. The molecule has 4 aromatic rings. The van der Waals surface area contributed by atoms with Crippen molar-refractivity contribution in [1.82, 2.24) is 24.4 Å². The van der Waals surface area contributed by atoms with Crippen LogP contribution in [0.3, 0.4) is 0 Å². The molecule has 200 valence electrons. The summed E-state index contributed by atoms with van der Waals surface area (Å²) in [6.45, 7) is -4.33. The Balaban J connectivity index is 1.36. The lowest BCUT2D eigenvalue weighted by atomic mass is 9.68. The normalized spacial score (nSPS) is 28.8. The molecule has 2 aromatic carbocycles. The smallest absolute Gasteiger partial charge is 0.387 e. The molecule has 7 rings (SSSR count). The van der Waals surface area contributed by atoms with Crippen LogP contribution in [0, 0.1) is 0 Å². The number of carbonyl (C=O) groups is 1. The predicted octanol–water partition coefficient (Wildman–Crippen LogP) is 3.95. The van der Waals surface area contributed by atoms with Crippen LogP contribution in [0.25, 0.3) is 22.2 Å². The van der Waals surface area contributed by atoms with E-state index in [0.717, 1.165) is 4.90 Å². The second kappa shape index (κ2) is 8.03. The summed E-state index contributed by atoms with van der Waals surface area (Å²) in [5, 5.41) is 20.8. The van der Waals surface area contributed by atoms with Crippen LogP contribution < -0.4 is 4.74 Å². The molecule has 0 spiro atoms. The number of ether oxygens (including phenoxy) is 1. The van der Waals surface area contributed by atoms with Crippen molar-refractivity contribution in [2.24, 2.45) is 0 Å². The van der Waals surface area contributed by atoms with Crippen molar-refractivity contribution in [3.8, 4) is 16.9 Å². The van der Waals surface area contributed by atoms with E-state index in [-0.39, 0.29) is 42.0 Å². The van der Waals surface area contributed by atoms with Crippen molar-refractivity contribution in [2.75, 3.05) is 6.98 Å². The maximum Gasteiger partial charge on any atom is 0.387 e. The number of fused-ring (bicyclic) bond motifs is 9. The van der Waals surface area contributed by atoms with E-state index in [1.807, 2.05) is 6.07 Å². The number of halogens is 2. The number of aliphatic hydroxyl groups is 2. The Labute approximate surface area is 225 Å². The zero-order valence-electron chi connectivity index (χ0n) is 23.7. The number of alkyl halides is 2. The summed E-state index contributed by atoms with van der Waals surface area (Å²) >= 11 is 0. The molecule has 4 heterocycles. The van der Waals surface area contributed by atoms with Crippen molar-refractivity contribution in [3.05, 3.63) is 71.6 Å². The standard InChI is InChI=1S/C28H25F2N5O4/c1-27(37)12-28(38,13-27)25-31-10-15(11-32-25)14-6-7-17-18(8-14)35-19-9-20(23(35)33-17)34(2)24(36)16-4-3-5-21(22(16)19)39-26(29)30/h3-8,10-11,19-20,26,37-38H,9,12-13H2,1-2H3/t19-,20?,27?,28?/m1/s1/i2D3. The maximum absolute atomic E-state index is 13.6. The number of imidazole rings is 1. The first-order valence-electron chi connectivity index (χ1n) is 14.0. The fourth-order valence-electron chi connectivity index (χ4n) is 6.37. The topological polar surface area (TPSA) is 114 Å². The second-order valence-corrected chi connectivity index (χ2v) is 10.8. The molecule has 9 nitrogen and oxygen atoms in total. The van der Waals surface area contributed by atoms with Crippen LogP contribution >= 0.6 is 0 Å². The van der Waals surface area contributed by atoms with E-state index in [1.54, 1.807) is 36.0 Å². The van der Waals surface area contributed by atoms with Crippen molar-refractivity contribution >= 4 is 16.9 Å². The molecule has 2 bridgehead atoms. The van der Waals surface area contributed by atoms with E-state index >= 15 is 0 Å². The average Bonchev–Trinajstić information content (AvgIpc) is 3.39. The zero-order valence-corrected chi connectivity index (χ0v) is 20.7. The Morgan fingerprint density at radius 3 is 2.59 bits per heavy atom. The first-order chi connectivity index (χ1) is 19.8. The van der Waals surface area contributed by atoms with Crippen LogP contribution in [0.4, 0.5) is 8.78 Å². The van der Waals surface area contributed by atoms with Crippen molar-refractivity contribution < 1.29 is 32.6 Å². The van der Waals surface area contributed by atoms with E-state index < -0.39 is 42.8 Å². The summed E-state index contributed by atoms with van der Waals surface area (Å²) < 4.78 is 57.9. The quantitative estimate of drug-likeness (QED) is 0.406. The lowest BCUT2D eigenvalue weighted by Crippen LogP contribution is -2.53. The SMILES string of the molecule is [2H]C([2H])([2H])N1C(=O)c2cccc(OC(F)F)c2[C@H]2CC1c1nc3ccc(-c4cnc(C5(O)CC(C)(O)C5)nc4)cc3n12. The summed E-state index contributed by atoms with van der Waals surface area (Å²) in [6, 6.07) is 7.89. The molecular formula is C28H25F2N5O4. The van der Waals surface area contributed by atoms with Crippen LogP contribution in [0.5, 0.6) is 5.75 Å². The van der Waals surface area contributed by atoms with Gasteiger partial charge in [-0.05, 0) is 36.8 Å². The first-order valence-corrected chi connectivity index (χ1v) is 12.5. The van der Waals surface area contributed by atoms with E-state index in [0.29, 0.717) is 28.0 Å². The van der Waals surface area contributed by atoms with Crippen LogP contribution in [-0.4, -0.2) is 59.7 Å². The molecule has 2 atom stereocenters. The molecule has 39 heavy (non-hydrogen) atoms. The maximum atomic E-state index is 13.6. The molecule has 2 aliphatic heterocycles. The van der Waals surface area contributed by atoms with Gasteiger partial charge in [0.05, 0.1) is 28.7 Å². The van der Waals surface area contributed by atoms with Gasteiger partial charge in [0.1, 0.15) is 17.2 Å². The fraction of sp³-hybridized carbons (Fsp3) is 0.357. The Morgan fingerprint density at radius 2 is 1.90 bits per heavy atom. The van der Waals surface area contributed by atoms with Gasteiger partial charge in [-0.25, -0.2) is 15.0 Å². The van der Waals surface area contributed by atoms with Crippen LogP contribution in [0.2, 0.25) is 0 Å². The first kappa shape index (κ1) is 20.9. The highest BCUT2D eigenvalue weighted by molar-refractivity contribution is 5.98. The number of hydrogen-bond acceptors (Lipinski definition) is 7. The van der Waals surface area contributed by atoms with Gasteiger partial charge in [0.15, 0.2) is 5.82 Å². The monoisotopic (exact) mass is 536 g/mol. The van der Waals surface area contributed by atoms with Crippen molar-refractivity contribution in [3.63, 3.8) is 0 Å². The summed E-state index contributed by atoms with van der Waals surface area (Å²) in [4.78, 5) is 27.8. The summed E-state index contributed by atoms with van der Waals surface area (Å²) in [7, 11) is 0. The van der Waals surface area contributed by atoms with Gasteiger partial charge in [0, 0.05) is 59.4 Å². The number of benzene rings is 2. The lowest BCUT2D eigenvalue weighted by Gasteiger charge is -2.46. The highest BCUT2D eigenvalue weighted by atomic mass is 19.3. The van der Waals surface area contributed by atoms with Crippen molar-refractivity contribution in [1.29, 1.82) is 0 Å². The van der Waals surface area contributed by atoms with Gasteiger partial charge < -0.3 is 24.4 Å². The van der Waals surface area contributed by atoms with E-state index in [1.165, 1.54) is 18.2 Å². The minimum absolute atomic E-state index is 0.0164. The van der Waals surface area contributed by atoms with Crippen molar-refractivity contribution in [2.45, 2.75) is 56.1 Å². The third-order valence-corrected chi connectivity index (χ3v) is 7.90. The molecule has 1 saturated carbocycles. The average molecular weight is 537 g/mol. The highest BCUT2D eigenvalue weighted by Gasteiger charge is 2.53. The molecule has 11 heteroatoms. The number of nitrogens with zero attached hydrogens (tertiary/aromatic N) is 5. The summed E-state index contributed by atoms with van der Waals surface area (Å²) in [6.07, 6.45) is 3.51. The van der Waals surface area contributed by atoms with Gasteiger partial charge in [0.2, 0.25) is 0 Å². The second-order valence-electron chi connectivity index (χ2n) is 10.8. The van der Waals surface area contributed by atoms with Gasteiger partial charge in [0.25, 0.3) is 5.91 Å². The third kappa shape index (κ3) is 3.56. The minimum atomic E-state index is -3.15. The number of rotatable bonds is 4. The van der Waals surface area contributed by atoms with E-state index in [4.69, 9.17) is 13.8 Å². The number of hydrogen-bond donors (Lipinski definition) is 2.